The van der Waals surface area contributed by atoms with Crippen molar-refractivity contribution in [3.05, 3.63) is 35.5 Å². The number of carbonyl (C=O) groups excluding carboxylic acids is 1. The van der Waals surface area contributed by atoms with E-state index in [1.165, 1.54) is 0 Å². The molecule has 2 rings (SSSR count). The number of aromatic nitrogens is 3. The SMILES string of the molecule is CCC(=O)CC.c1cn[nH]c1.c1cscn1. The van der Waals surface area contributed by atoms with E-state index in [4.69, 9.17) is 0 Å². The van der Waals surface area contributed by atoms with E-state index in [-0.39, 0.29) is 0 Å². The Hall–Kier alpha value is -1.49. The first-order valence-corrected chi connectivity index (χ1v) is 6.03. The number of hydrogen-bond donors (Lipinski definition) is 1. The van der Waals surface area contributed by atoms with Gasteiger partial charge in [0.1, 0.15) is 5.78 Å². The van der Waals surface area contributed by atoms with Crippen molar-refractivity contribution in [2.75, 3.05) is 0 Å². The molecule has 4 nitrogen and oxygen atoms in total. The van der Waals surface area contributed by atoms with Gasteiger partial charge < -0.3 is 0 Å². The Kier molecular flexibility index (Phi) is 10.5. The number of rotatable bonds is 2. The van der Waals surface area contributed by atoms with Crippen LogP contribution in [0, 0.1) is 0 Å². The zero-order valence-electron chi connectivity index (χ0n) is 9.59. The molecule has 0 saturated heterocycles. The molecule has 16 heavy (non-hydrogen) atoms. The van der Waals surface area contributed by atoms with Crippen LogP contribution in [0.1, 0.15) is 26.7 Å². The van der Waals surface area contributed by atoms with E-state index >= 15 is 0 Å². The maximum atomic E-state index is 10.2. The zero-order chi connectivity index (χ0) is 12.1. The van der Waals surface area contributed by atoms with Gasteiger partial charge in [-0.05, 0) is 6.07 Å². The third-order valence-electron chi connectivity index (χ3n) is 1.54. The molecule has 0 aliphatic carbocycles. The van der Waals surface area contributed by atoms with Crippen LogP contribution in [0.2, 0.25) is 0 Å². The number of nitrogens with zero attached hydrogens (tertiary/aromatic N) is 2. The van der Waals surface area contributed by atoms with Crippen molar-refractivity contribution in [3.8, 4) is 0 Å². The third kappa shape index (κ3) is 10.6. The lowest BCUT2D eigenvalue weighted by Gasteiger charge is -1.81. The van der Waals surface area contributed by atoms with E-state index in [0.29, 0.717) is 18.6 Å². The average molecular weight is 239 g/mol. The molecule has 0 bridgehead atoms. The van der Waals surface area contributed by atoms with E-state index in [1.54, 1.807) is 35.4 Å². The monoisotopic (exact) mass is 239 g/mol. The Balaban J connectivity index is 0.000000211. The molecular weight excluding hydrogens is 222 g/mol. The topological polar surface area (TPSA) is 58.6 Å². The summed E-state index contributed by atoms with van der Waals surface area (Å²) in [6.07, 6.45) is 6.61. The van der Waals surface area contributed by atoms with E-state index in [2.05, 4.69) is 15.2 Å². The number of thiazole rings is 1. The van der Waals surface area contributed by atoms with E-state index in [1.807, 2.05) is 25.3 Å². The van der Waals surface area contributed by atoms with Crippen LogP contribution in [0.4, 0.5) is 0 Å². The van der Waals surface area contributed by atoms with Crippen molar-refractivity contribution in [1.82, 2.24) is 15.2 Å². The van der Waals surface area contributed by atoms with Crippen molar-refractivity contribution in [2.45, 2.75) is 26.7 Å². The molecule has 0 aliphatic heterocycles. The molecule has 5 heteroatoms. The van der Waals surface area contributed by atoms with Gasteiger partial charge >= 0.3 is 0 Å². The van der Waals surface area contributed by atoms with Gasteiger partial charge in [0, 0.05) is 36.8 Å². The summed E-state index contributed by atoms with van der Waals surface area (Å²) in [5.41, 5.74) is 1.79. The van der Waals surface area contributed by atoms with Gasteiger partial charge in [-0.3, -0.25) is 14.9 Å². The molecule has 0 unspecified atom stereocenters. The number of ketones is 1. The smallest absolute Gasteiger partial charge is 0.132 e. The Morgan fingerprint density at radius 2 is 2.06 bits per heavy atom. The molecule has 2 heterocycles. The highest BCUT2D eigenvalue weighted by molar-refractivity contribution is 7.07. The fourth-order valence-electron chi connectivity index (χ4n) is 0.641. The van der Waals surface area contributed by atoms with Gasteiger partial charge in [0.2, 0.25) is 0 Å². The minimum atomic E-state index is 0.343. The summed E-state index contributed by atoms with van der Waals surface area (Å²) in [6.45, 7) is 3.76. The number of hydrogen-bond acceptors (Lipinski definition) is 4. The van der Waals surface area contributed by atoms with Gasteiger partial charge in [-0.1, -0.05) is 13.8 Å². The minimum Gasteiger partial charge on any atom is -0.300 e. The van der Waals surface area contributed by atoms with Crippen LogP contribution < -0.4 is 0 Å². The molecule has 2 aromatic heterocycles. The lowest BCUT2D eigenvalue weighted by Crippen LogP contribution is -1.88. The lowest BCUT2D eigenvalue weighted by atomic mass is 10.3. The van der Waals surface area contributed by atoms with Crippen molar-refractivity contribution in [3.63, 3.8) is 0 Å². The van der Waals surface area contributed by atoms with Crippen molar-refractivity contribution in [1.29, 1.82) is 0 Å². The Labute approximate surface area is 99.7 Å². The van der Waals surface area contributed by atoms with Crippen LogP contribution in [-0.4, -0.2) is 21.0 Å². The summed E-state index contributed by atoms with van der Waals surface area (Å²) >= 11 is 1.60. The van der Waals surface area contributed by atoms with Gasteiger partial charge in [0.05, 0.1) is 5.51 Å². The van der Waals surface area contributed by atoms with Gasteiger partial charge in [0.25, 0.3) is 0 Å². The van der Waals surface area contributed by atoms with Crippen LogP contribution in [0.3, 0.4) is 0 Å². The average Bonchev–Trinajstić information content (AvgIpc) is 3.03. The van der Waals surface area contributed by atoms with Crippen LogP contribution in [0.5, 0.6) is 0 Å². The van der Waals surface area contributed by atoms with E-state index < -0.39 is 0 Å². The van der Waals surface area contributed by atoms with Gasteiger partial charge in [-0.15, -0.1) is 11.3 Å². The van der Waals surface area contributed by atoms with Crippen LogP contribution in [-0.2, 0) is 4.79 Å². The highest BCUT2D eigenvalue weighted by atomic mass is 32.1. The van der Waals surface area contributed by atoms with Crippen LogP contribution >= 0.6 is 11.3 Å². The van der Waals surface area contributed by atoms with Crippen molar-refractivity contribution < 1.29 is 4.79 Å². The first-order chi connectivity index (χ1) is 7.81. The fourth-order valence-corrected chi connectivity index (χ4v) is 0.992. The first-order valence-electron chi connectivity index (χ1n) is 5.08. The quantitative estimate of drug-likeness (QED) is 0.876. The van der Waals surface area contributed by atoms with E-state index in [9.17, 15) is 4.79 Å². The molecule has 0 aliphatic rings. The molecular formula is C11H17N3OS. The normalized spacial score (nSPS) is 8.12. The molecule has 0 saturated carbocycles. The molecule has 0 aromatic carbocycles. The Morgan fingerprint density at radius 1 is 1.31 bits per heavy atom. The Morgan fingerprint density at radius 3 is 2.19 bits per heavy atom. The third-order valence-corrected chi connectivity index (χ3v) is 2.06. The molecule has 0 amide bonds. The molecule has 1 N–H and O–H groups in total. The summed E-state index contributed by atoms with van der Waals surface area (Å²) < 4.78 is 0. The maximum absolute atomic E-state index is 10.2. The molecule has 2 aromatic rings. The molecule has 0 atom stereocenters. The standard InChI is InChI=1S/C5H10O.C3H4N2.C3H3NS/c1-3-5(6)4-2;1-2-4-5-3-1;1-2-5-3-4-1/h3-4H2,1-2H3;1-3H,(H,4,5);1-3H. The largest absolute Gasteiger partial charge is 0.300 e. The number of H-pyrrole nitrogens is 1. The first kappa shape index (κ1) is 14.5. The van der Waals surface area contributed by atoms with Gasteiger partial charge in [-0.2, -0.15) is 5.10 Å². The van der Waals surface area contributed by atoms with E-state index in [0.717, 1.165) is 0 Å². The predicted octanol–water partition coefficient (Wildman–Crippen LogP) is 2.93. The fraction of sp³-hybridized carbons (Fsp3) is 0.364. The second-order valence-electron chi connectivity index (χ2n) is 2.69. The van der Waals surface area contributed by atoms with Crippen molar-refractivity contribution in [2.24, 2.45) is 0 Å². The molecule has 0 fully saturated rings. The summed E-state index contributed by atoms with van der Waals surface area (Å²) in [5, 5.41) is 8.14. The second-order valence-corrected chi connectivity index (χ2v) is 3.44. The number of nitrogens with one attached hydrogen (secondary N) is 1. The lowest BCUT2D eigenvalue weighted by molar-refractivity contribution is -0.118. The molecule has 0 radical (unpaired) electrons. The highest BCUT2D eigenvalue weighted by Crippen LogP contribution is 1.86. The summed E-state index contributed by atoms with van der Waals surface area (Å²) in [4.78, 5) is 13.9. The van der Waals surface area contributed by atoms with Gasteiger partial charge in [-0.25, -0.2) is 0 Å². The number of Topliss-reactive ketones (excluding diaryl/α,β-unsaturated/α-hetero) is 1. The van der Waals surface area contributed by atoms with Crippen LogP contribution in [0.15, 0.2) is 35.5 Å². The Bertz CT molecular complexity index is 252. The zero-order valence-corrected chi connectivity index (χ0v) is 10.4. The molecule has 88 valence electrons. The van der Waals surface area contributed by atoms with Crippen molar-refractivity contribution >= 4 is 17.1 Å². The molecule has 0 spiro atoms. The highest BCUT2D eigenvalue weighted by Gasteiger charge is 1.86. The second kappa shape index (κ2) is 11.6. The summed E-state index contributed by atoms with van der Waals surface area (Å²) in [6, 6.07) is 1.83. The van der Waals surface area contributed by atoms with Crippen LogP contribution in [0.25, 0.3) is 0 Å². The number of carbonyl (C=O) groups is 1. The summed E-state index contributed by atoms with van der Waals surface area (Å²) in [5.74, 6) is 0.343. The summed E-state index contributed by atoms with van der Waals surface area (Å²) in [7, 11) is 0. The van der Waals surface area contributed by atoms with Gasteiger partial charge in [0.15, 0.2) is 0 Å². The predicted molar refractivity (Wildman–Crippen MR) is 66.3 cm³/mol. The number of aromatic amines is 1. The minimum absolute atomic E-state index is 0.343. The maximum Gasteiger partial charge on any atom is 0.132 e.